The number of hydrogen-bond donors (Lipinski definition) is 1. The highest BCUT2D eigenvalue weighted by Crippen LogP contribution is 2.32. The van der Waals surface area contributed by atoms with Crippen molar-refractivity contribution in [2.24, 2.45) is 0 Å². The van der Waals surface area contributed by atoms with Crippen molar-refractivity contribution in [1.29, 1.82) is 5.26 Å². The van der Waals surface area contributed by atoms with E-state index in [1.807, 2.05) is 61.7 Å². The van der Waals surface area contributed by atoms with E-state index in [0.29, 0.717) is 35.9 Å². The highest BCUT2D eigenvalue weighted by atomic mass is 16.6. The van der Waals surface area contributed by atoms with Crippen LogP contribution < -0.4 is 5.73 Å². The minimum absolute atomic E-state index is 0.255. The molecule has 0 aliphatic carbocycles. The number of nitrogens with zero attached hydrogens (tertiary/aromatic N) is 7. The lowest BCUT2D eigenvalue weighted by Crippen LogP contribution is -2.49. The number of nitriles is 1. The van der Waals surface area contributed by atoms with Crippen LogP contribution in [-0.4, -0.2) is 67.2 Å². The summed E-state index contributed by atoms with van der Waals surface area (Å²) in [6.45, 7) is 9.26. The maximum Gasteiger partial charge on any atom is 0.410 e. The van der Waals surface area contributed by atoms with Crippen molar-refractivity contribution >= 4 is 23.1 Å². The van der Waals surface area contributed by atoms with Gasteiger partial charge in [-0.2, -0.15) is 5.26 Å². The number of nitrogen functional groups attached to an aromatic ring is 1. The number of hydrogen-bond acceptors (Lipinski definition) is 8. The standard InChI is InChI=1S/C34H34N8O2/c1-34(2,3)44-33(43)41-19-17-40(18-20-41)22-24-8-12-26(13-9-24)42-31(27-5-4-16-37-30(27)36)39-29-15-14-28(38-32(29)42)25-10-6-23(21-35)7-11-25/h4-16H,17-20,22H2,1-3H3,(H2,36,37). The van der Waals surface area contributed by atoms with E-state index in [-0.39, 0.29) is 6.09 Å². The number of carbonyl (C=O) groups is 1. The number of piperazine rings is 1. The van der Waals surface area contributed by atoms with Crippen molar-refractivity contribution in [3.63, 3.8) is 0 Å². The number of ether oxygens (including phenoxy) is 1. The van der Waals surface area contributed by atoms with E-state index in [2.05, 4.69) is 40.2 Å². The van der Waals surface area contributed by atoms with Gasteiger partial charge in [-0.25, -0.2) is 19.7 Å². The molecule has 1 aliphatic rings. The molecule has 1 fully saturated rings. The van der Waals surface area contributed by atoms with Crippen molar-refractivity contribution in [2.75, 3.05) is 31.9 Å². The summed E-state index contributed by atoms with van der Waals surface area (Å²) in [6.07, 6.45) is 1.41. The van der Waals surface area contributed by atoms with Crippen LogP contribution in [0.4, 0.5) is 10.6 Å². The van der Waals surface area contributed by atoms with Crippen LogP contribution in [0, 0.1) is 11.3 Å². The lowest BCUT2D eigenvalue weighted by molar-refractivity contribution is 0.0139. The first kappa shape index (κ1) is 28.8. The van der Waals surface area contributed by atoms with E-state index in [9.17, 15) is 10.1 Å². The molecule has 1 saturated heterocycles. The molecule has 0 radical (unpaired) electrons. The van der Waals surface area contributed by atoms with Gasteiger partial charge in [-0.15, -0.1) is 0 Å². The number of carbonyl (C=O) groups excluding carboxylic acids is 1. The Labute approximate surface area is 256 Å². The Bertz CT molecular complexity index is 1840. The van der Waals surface area contributed by atoms with Gasteiger partial charge in [-0.3, -0.25) is 9.47 Å². The zero-order valence-electron chi connectivity index (χ0n) is 25.1. The average Bonchev–Trinajstić information content (AvgIpc) is 3.40. The zero-order valence-corrected chi connectivity index (χ0v) is 25.1. The highest BCUT2D eigenvalue weighted by molar-refractivity contribution is 5.84. The molecular weight excluding hydrogens is 552 g/mol. The fourth-order valence-electron chi connectivity index (χ4n) is 5.29. The van der Waals surface area contributed by atoms with Gasteiger partial charge in [0.15, 0.2) is 11.5 Å². The minimum atomic E-state index is -0.500. The molecule has 44 heavy (non-hydrogen) atoms. The molecule has 0 unspecified atom stereocenters. The Kier molecular flexibility index (Phi) is 7.72. The molecule has 0 saturated carbocycles. The molecule has 10 nitrogen and oxygen atoms in total. The van der Waals surface area contributed by atoms with E-state index in [1.165, 1.54) is 0 Å². The number of nitrogens with two attached hydrogens (primary N) is 1. The van der Waals surface area contributed by atoms with E-state index in [4.69, 9.17) is 20.4 Å². The van der Waals surface area contributed by atoms with Crippen molar-refractivity contribution in [2.45, 2.75) is 32.9 Å². The van der Waals surface area contributed by atoms with Crippen LogP contribution in [0.15, 0.2) is 79.0 Å². The summed E-state index contributed by atoms with van der Waals surface area (Å²) in [5.74, 6) is 1.04. The first-order valence-corrected chi connectivity index (χ1v) is 14.6. The van der Waals surface area contributed by atoms with Crippen LogP contribution >= 0.6 is 0 Å². The third-order valence-electron chi connectivity index (χ3n) is 7.52. The molecule has 2 N–H and O–H groups in total. The summed E-state index contributed by atoms with van der Waals surface area (Å²) >= 11 is 0. The number of fused-ring (bicyclic) bond motifs is 1. The van der Waals surface area contributed by atoms with Gasteiger partial charge in [0.05, 0.1) is 22.9 Å². The molecule has 1 amide bonds. The van der Waals surface area contributed by atoms with Gasteiger partial charge >= 0.3 is 6.09 Å². The highest BCUT2D eigenvalue weighted by Gasteiger charge is 2.26. The number of pyridine rings is 2. The smallest absolute Gasteiger partial charge is 0.410 e. The minimum Gasteiger partial charge on any atom is -0.444 e. The normalized spacial score (nSPS) is 14.0. The second kappa shape index (κ2) is 11.8. The number of amides is 1. The molecule has 6 rings (SSSR count). The van der Waals surface area contributed by atoms with Crippen molar-refractivity contribution < 1.29 is 9.53 Å². The fourth-order valence-corrected chi connectivity index (χ4v) is 5.29. The number of rotatable bonds is 5. The molecule has 0 spiro atoms. The quantitative estimate of drug-likeness (QED) is 0.280. The largest absolute Gasteiger partial charge is 0.444 e. The predicted molar refractivity (Wildman–Crippen MR) is 170 cm³/mol. The van der Waals surface area contributed by atoms with Gasteiger partial charge in [0, 0.05) is 50.2 Å². The summed E-state index contributed by atoms with van der Waals surface area (Å²) in [7, 11) is 0. The first-order chi connectivity index (χ1) is 21.2. The first-order valence-electron chi connectivity index (χ1n) is 14.6. The molecule has 0 atom stereocenters. The molecule has 2 aromatic carbocycles. The van der Waals surface area contributed by atoms with Crippen LogP contribution in [0.5, 0.6) is 0 Å². The number of imidazole rings is 1. The summed E-state index contributed by atoms with van der Waals surface area (Å²) in [6, 6.07) is 25.5. The summed E-state index contributed by atoms with van der Waals surface area (Å²) in [5, 5.41) is 9.20. The SMILES string of the molecule is CC(C)(C)OC(=O)N1CCN(Cc2ccc(-n3c(-c4cccnc4N)nc4ccc(-c5ccc(C#N)cc5)nc43)cc2)CC1. The van der Waals surface area contributed by atoms with E-state index < -0.39 is 5.60 Å². The number of anilines is 1. The molecule has 4 heterocycles. The van der Waals surface area contributed by atoms with Crippen LogP contribution in [0.2, 0.25) is 0 Å². The molecule has 0 bridgehead atoms. The second-order valence-corrected chi connectivity index (χ2v) is 11.8. The monoisotopic (exact) mass is 586 g/mol. The maximum absolute atomic E-state index is 12.4. The zero-order chi connectivity index (χ0) is 30.8. The van der Waals surface area contributed by atoms with E-state index >= 15 is 0 Å². The maximum atomic E-state index is 12.4. The lowest BCUT2D eigenvalue weighted by atomic mass is 10.1. The van der Waals surface area contributed by atoms with Gasteiger partial charge in [0.25, 0.3) is 0 Å². The van der Waals surface area contributed by atoms with Gasteiger partial charge in [-0.05, 0) is 74.9 Å². The van der Waals surface area contributed by atoms with E-state index in [0.717, 1.165) is 53.2 Å². The molecule has 1 aliphatic heterocycles. The van der Waals surface area contributed by atoms with Gasteiger partial charge in [0.1, 0.15) is 16.9 Å². The van der Waals surface area contributed by atoms with Crippen LogP contribution in [0.3, 0.4) is 0 Å². The Balaban J connectivity index is 1.28. The predicted octanol–water partition coefficient (Wildman–Crippen LogP) is 5.66. The van der Waals surface area contributed by atoms with Gasteiger partial charge in [-0.1, -0.05) is 24.3 Å². The molecule has 3 aromatic heterocycles. The summed E-state index contributed by atoms with van der Waals surface area (Å²) in [4.78, 5) is 30.8. The number of aromatic nitrogens is 4. The molecular formula is C34H34N8O2. The third-order valence-corrected chi connectivity index (χ3v) is 7.52. The van der Waals surface area contributed by atoms with E-state index in [1.54, 1.807) is 23.2 Å². The van der Waals surface area contributed by atoms with Crippen LogP contribution in [0.1, 0.15) is 31.9 Å². The Morgan fingerprint density at radius 3 is 2.34 bits per heavy atom. The lowest BCUT2D eigenvalue weighted by Gasteiger charge is -2.35. The van der Waals surface area contributed by atoms with Crippen LogP contribution in [-0.2, 0) is 11.3 Å². The Hall–Kier alpha value is -5.27. The number of benzene rings is 2. The Morgan fingerprint density at radius 1 is 0.955 bits per heavy atom. The van der Waals surface area contributed by atoms with Gasteiger partial charge in [0.2, 0.25) is 0 Å². The fraction of sp³-hybridized carbons (Fsp3) is 0.265. The Morgan fingerprint density at radius 2 is 1.68 bits per heavy atom. The van der Waals surface area contributed by atoms with Crippen molar-refractivity contribution in [3.05, 3.63) is 90.1 Å². The van der Waals surface area contributed by atoms with Crippen molar-refractivity contribution in [3.8, 4) is 34.4 Å². The second-order valence-electron chi connectivity index (χ2n) is 11.8. The van der Waals surface area contributed by atoms with Crippen LogP contribution in [0.25, 0.3) is 39.5 Å². The summed E-state index contributed by atoms with van der Waals surface area (Å²) in [5.41, 5.74) is 12.3. The van der Waals surface area contributed by atoms with Crippen molar-refractivity contribution in [1.82, 2.24) is 29.3 Å². The molecule has 10 heteroatoms. The van der Waals surface area contributed by atoms with Gasteiger partial charge < -0.3 is 15.4 Å². The third kappa shape index (κ3) is 6.09. The summed E-state index contributed by atoms with van der Waals surface area (Å²) < 4.78 is 7.55. The average molecular weight is 587 g/mol. The molecule has 222 valence electrons. The molecule has 5 aromatic rings. The topological polar surface area (TPSA) is 126 Å².